The van der Waals surface area contributed by atoms with E-state index in [2.05, 4.69) is 17.7 Å². The third-order valence-corrected chi connectivity index (χ3v) is 12.6. The number of aliphatic hydroxyl groups excluding tert-OH is 4. The maximum Gasteiger partial charge on any atom is 0.479 e. The van der Waals surface area contributed by atoms with Crippen LogP contribution in [0.25, 0.3) is 0 Å². The first-order chi connectivity index (χ1) is 16.1. The van der Waals surface area contributed by atoms with Gasteiger partial charge in [-0.2, -0.15) is 0 Å². The highest BCUT2D eigenvalue weighted by Crippen LogP contribution is 2.70. The molecule has 8 N–H and O–H groups in total. The number of hydrogen-bond donors (Lipinski definition) is 8. The van der Waals surface area contributed by atoms with Crippen LogP contribution < -0.4 is 0 Å². The summed E-state index contributed by atoms with van der Waals surface area (Å²) in [6, 6.07) is -0.856. The normalized spacial score (nSPS) is 39.1. The Morgan fingerprint density at radius 1 is 0.778 bits per heavy atom. The summed E-state index contributed by atoms with van der Waals surface area (Å²) in [5.41, 5.74) is -1.25. The van der Waals surface area contributed by atoms with Crippen molar-refractivity contribution in [2.75, 3.05) is 19.1 Å². The Kier molecular flexibility index (Phi) is 10.4. The van der Waals surface area contributed by atoms with Gasteiger partial charge in [-0.25, -0.2) is 17.8 Å². The Bertz CT molecular complexity index is 977. The molecule has 0 saturated carbocycles. The molecule has 0 spiro atoms. The van der Waals surface area contributed by atoms with Gasteiger partial charge in [0.25, 0.3) is 0 Å². The third-order valence-electron chi connectivity index (χ3n) is 5.10. The van der Waals surface area contributed by atoms with Gasteiger partial charge in [-0.1, -0.05) is 0 Å². The molecular formula is C13H29BO18P4. The summed E-state index contributed by atoms with van der Waals surface area (Å²) in [5.74, 6) is -1.95. The lowest BCUT2D eigenvalue weighted by Gasteiger charge is -2.22. The summed E-state index contributed by atoms with van der Waals surface area (Å²) in [6.45, 7) is 1.04. The van der Waals surface area contributed by atoms with E-state index in [1.165, 1.54) is 21.7 Å². The van der Waals surface area contributed by atoms with Crippen molar-refractivity contribution < 1.29 is 85.4 Å². The van der Waals surface area contributed by atoms with Gasteiger partial charge in [-0.15, -0.1) is 0 Å². The van der Waals surface area contributed by atoms with E-state index in [9.17, 15) is 58.3 Å². The molecular weight excluding hydrogens is 579 g/mol. The predicted molar refractivity (Wildman–Crippen MR) is 118 cm³/mol. The van der Waals surface area contributed by atoms with Crippen molar-refractivity contribution in [3.8, 4) is 0 Å². The molecule has 7 unspecified atom stereocenters. The van der Waals surface area contributed by atoms with Gasteiger partial charge in [-0.05, 0) is 13.8 Å². The van der Waals surface area contributed by atoms with Crippen LogP contribution in [0.1, 0.15) is 13.8 Å². The van der Waals surface area contributed by atoms with E-state index in [1.54, 1.807) is 0 Å². The molecule has 2 aliphatic rings. The molecule has 0 aromatic rings. The minimum absolute atomic E-state index is 0.856. The van der Waals surface area contributed by atoms with Crippen LogP contribution >= 0.6 is 30.8 Å². The van der Waals surface area contributed by atoms with Crippen LogP contribution in [0.4, 0.5) is 0 Å². The fourth-order valence-electron chi connectivity index (χ4n) is 3.33. The van der Waals surface area contributed by atoms with Crippen LogP contribution in [-0.2, 0) is 45.4 Å². The quantitative estimate of drug-likeness (QED) is 0.0843. The summed E-state index contributed by atoms with van der Waals surface area (Å²) < 4.78 is 75.5. The van der Waals surface area contributed by atoms with Crippen LogP contribution in [0.2, 0.25) is 0 Å². The van der Waals surface area contributed by atoms with Gasteiger partial charge < -0.3 is 49.5 Å². The van der Waals surface area contributed by atoms with E-state index in [-0.39, 0.29) is 0 Å². The summed E-state index contributed by atoms with van der Waals surface area (Å²) in [6.07, 6.45) is -8.44. The molecule has 2 heterocycles. The van der Waals surface area contributed by atoms with Gasteiger partial charge in [0.05, 0.1) is 24.8 Å². The molecule has 0 aromatic heterocycles. The van der Waals surface area contributed by atoms with Crippen LogP contribution in [0.15, 0.2) is 0 Å². The van der Waals surface area contributed by atoms with Gasteiger partial charge >= 0.3 is 30.8 Å². The van der Waals surface area contributed by atoms with Crippen LogP contribution in [0, 0.1) is 0 Å². The Balaban J connectivity index is 1.91. The van der Waals surface area contributed by atoms with Gasteiger partial charge in [0.15, 0.2) is 5.90 Å². The molecule has 212 valence electrons. The number of hydrogen-bond acceptors (Lipinski definition) is 14. The summed E-state index contributed by atoms with van der Waals surface area (Å²) in [4.78, 5) is 38.8. The molecule has 0 amide bonds. The van der Waals surface area contributed by atoms with E-state index in [1.807, 2.05) is 0 Å². The minimum atomic E-state index is -5.52. The number of ether oxygens (including phenoxy) is 2. The van der Waals surface area contributed by atoms with Gasteiger partial charge in [0, 0.05) is 0 Å². The Hall–Kier alpha value is 0.425. The minimum Gasteiger partial charge on any atom is -0.388 e. The van der Waals surface area contributed by atoms with E-state index in [0.717, 1.165) is 0 Å². The molecule has 0 aliphatic carbocycles. The molecule has 18 nitrogen and oxygen atoms in total. The molecule has 2 aliphatic heterocycles. The summed E-state index contributed by atoms with van der Waals surface area (Å²) in [7, 11) is -20.5. The van der Waals surface area contributed by atoms with E-state index in [4.69, 9.17) is 9.47 Å². The Labute approximate surface area is 205 Å². The highest BCUT2D eigenvalue weighted by Gasteiger charge is 2.50. The third kappa shape index (κ3) is 8.99. The van der Waals surface area contributed by atoms with Gasteiger partial charge in [0.1, 0.15) is 44.5 Å². The monoisotopic (exact) mass is 608 g/mol. The average molecular weight is 608 g/mol. The average Bonchev–Trinajstić information content (AvgIpc) is 3.03. The van der Waals surface area contributed by atoms with E-state index < -0.39 is 98.2 Å². The fraction of sp³-hybridized carbons (Fsp3) is 1.00. The molecule has 0 aromatic carbocycles. The lowest BCUT2D eigenvalue weighted by molar-refractivity contribution is -0.0681. The second kappa shape index (κ2) is 11.5. The molecule has 0 radical (unpaired) electrons. The predicted octanol–water partition coefficient (Wildman–Crippen LogP) is -2.44. The standard InChI is InChI=1S/C13H29BO18P4/c1-13(2)11(18)9(16)7(30-13)4-28-36(25,26)32-34(21,22)5-33(19,20)31-35(23,24)27-3-6-8(15)10(17)12(14)29-6/h6-12,15-18H,3-5,14H2,1-2H3,(H,19,20)(H,21,22)(H,23,24)(H,25,26)/t6-,7-,8?,9?,10?,11+,12-/m1/s1. The largest absolute Gasteiger partial charge is 0.479 e. The van der Waals surface area contributed by atoms with Gasteiger partial charge in [-0.3, -0.25) is 18.2 Å². The lowest BCUT2D eigenvalue weighted by atomic mass is 9.93. The first-order valence-electron chi connectivity index (χ1n) is 10.1. The zero-order valence-electron chi connectivity index (χ0n) is 19.1. The van der Waals surface area contributed by atoms with Crippen LogP contribution in [0.3, 0.4) is 0 Å². The van der Waals surface area contributed by atoms with Crippen LogP contribution in [-0.4, -0.2) is 115 Å². The van der Waals surface area contributed by atoms with Crippen molar-refractivity contribution in [2.45, 2.75) is 62.1 Å². The lowest BCUT2D eigenvalue weighted by Crippen LogP contribution is -2.38. The number of phosphoric acid groups is 2. The smallest absolute Gasteiger partial charge is 0.388 e. The van der Waals surface area contributed by atoms with Crippen molar-refractivity contribution >= 4 is 38.7 Å². The molecule has 23 heteroatoms. The second-order valence-electron chi connectivity index (χ2n) is 8.66. The molecule has 36 heavy (non-hydrogen) atoms. The number of rotatable bonds is 12. The molecule has 2 rings (SSSR count). The molecule has 2 saturated heterocycles. The fourth-order valence-corrected chi connectivity index (χ4v) is 10.1. The molecule has 2 fully saturated rings. The number of phosphoric ester groups is 2. The highest BCUT2D eigenvalue weighted by atomic mass is 31.3. The van der Waals surface area contributed by atoms with Crippen molar-refractivity contribution in [2.24, 2.45) is 0 Å². The zero-order chi connectivity index (χ0) is 27.9. The molecule has 11 atom stereocenters. The second-order valence-corrected chi connectivity index (χ2v) is 16.0. The van der Waals surface area contributed by atoms with Crippen molar-refractivity contribution in [3.05, 3.63) is 0 Å². The topological polar surface area (TPSA) is 285 Å². The van der Waals surface area contributed by atoms with Crippen molar-refractivity contribution in [1.29, 1.82) is 0 Å². The van der Waals surface area contributed by atoms with Crippen LogP contribution in [0.5, 0.6) is 0 Å². The first-order valence-corrected chi connectivity index (χ1v) is 16.6. The highest BCUT2D eigenvalue weighted by molar-refractivity contribution is 7.76. The van der Waals surface area contributed by atoms with Crippen molar-refractivity contribution in [1.82, 2.24) is 0 Å². The summed E-state index contributed by atoms with van der Waals surface area (Å²) in [5, 5.41) is 39.0. The van der Waals surface area contributed by atoms with E-state index in [0.29, 0.717) is 0 Å². The Morgan fingerprint density at radius 3 is 1.58 bits per heavy atom. The van der Waals surface area contributed by atoms with Gasteiger partial charge in [0.2, 0.25) is 0 Å². The molecule has 0 bridgehead atoms. The van der Waals surface area contributed by atoms with E-state index >= 15 is 0 Å². The Morgan fingerprint density at radius 2 is 1.22 bits per heavy atom. The maximum atomic E-state index is 12.1. The summed E-state index contributed by atoms with van der Waals surface area (Å²) >= 11 is 0. The zero-order valence-corrected chi connectivity index (χ0v) is 22.7. The van der Waals surface area contributed by atoms with Crippen molar-refractivity contribution in [3.63, 3.8) is 0 Å². The maximum absolute atomic E-state index is 12.1. The first kappa shape index (κ1) is 32.6. The SMILES string of the molecule is B[C@@H]1O[C@H](COP(=O)(O)OP(=O)(O)CP(=O)(O)OP(=O)(O)OC[C@H]2OC(C)(C)[C@@H](O)C2O)C(O)C1O. The number of aliphatic hydroxyl groups is 4.